The first kappa shape index (κ1) is 9.00. The van der Waals surface area contributed by atoms with Gasteiger partial charge in [-0.3, -0.25) is 10.1 Å². The van der Waals surface area contributed by atoms with E-state index in [1.807, 2.05) is 5.32 Å². The van der Waals surface area contributed by atoms with E-state index in [1.54, 1.807) is 6.07 Å². The molecule has 1 N–H and O–H groups in total. The first-order chi connectivity index (χ1) is 6.27. The lowest BCUT2D eigenvalue weighted by Crippen LogP contribution is -2.17. The number of rotatable bonds is 2. The molecule has 0 unspecified atom stereocenters. The van der Waals surface area contributed by atoms with Crippen molar-refractivity contribution in [3.05, 3.63) is 23.9 Å². The van der Waals surface area contributed by atoms with Crippen LogP contribution in [0.3, 0.4) is 0 Å². The van der Waals surface area contributed by atoms with Crippen molar-refractivity contribution in [2.24, 2.45) is 0 Å². The Bertz CT molecular complexity index is 339. The van der Waals surface area contributed by atoms with Gasteiger partial charge < -0.3 is 4.74 Å². The van der Waals surface area contributed by atoms with Crippen molar-refractivity contribution in [3.63, 3.8) is 0 Å². The molecule has 0 radical (unpaired) electrons. The summed E-state index contributed by atoms with van der Waals surface area (Å²) in [5, 5.41) is 10.2. The molecule has 1 rings (SSSR count). The Morgan fingerprint density at radius 3 is 2.92 bits per heavy atom. The van der Waals surface area contributed by atoms with Gasteiger partial charge in [-0.2, -0.15) is 5.26 Å². The summed E-state index contributed by atoms with van der Waals surface area (Å²) >= 11 is 0. The van der Waals surface area contributed by atoms with E-state index in [2.05, 4.69) is 4.98 Å². The number of nitrogens with zero attached hydrogens (tertiary/aromatic N) is 2. The lowest BCUT2D eigenvalue weighted by atomic mass is 10.3. The fraction of sp³-hybridized carbons (Fsp3) is 0.125. The van der Waals surface area contributed by atoms with Crippen molar-refractivity contribution in [1.29, 1.82) is 5.26 Å². The summed E-state index contributed by atoms with van der Waals surface area (Å²) in [5.74, 6) is -0.0499. The van der Waals surface area contributed by atoms with Crippen molar-refractivity contribution in [2.75, 3.05) is 7.11 Å². The quantitative estimate of drug-likeness (QED) is 0.520. The molecule has 13 heavy (non-hydrogen) atoms. The minimum atomic E-state index is -0.474. The number of carbonyl (C=O) groups excluding carboxylic acids is 1. The maximum Gasteiger partial charge on any atom is 0.265 e. The number of pyridine rings is 1. The average molecular weight is 177 g/mol. The van der Waals surface area contributed by atoms with E-state index >= 15 is 0 Å². The molecule has 0 aromatic carbocycles. The third kappa shape index (κ3) is 2.17. The minimum Gasteiger partial charge on any atom is -0.481 e. The van der Waals surface area contributed by atoms with E-state index in [0.29, 0.717) is 11.4 Å². The highest BCUT2D eigenvalue weighted by molar-refractivity contribution is 5.94. The van der Waals surface area contributed by atoms with E-state index in [-0.39, 0.29) is 0 Å². The molecule has 0 atom stereocenters. The zero-order valence-corrected chi connectivity index (χ0v) is 6.94. The van der Waals surface area contributed by atoms with E-state index < -0.39 is 5.91 Å². The molecule has 1 aromatic rings. The first-order valence-corrected chi connectivity index (χ1v) is 3.47. The molecular weight excluding hydrogens is 170 g/mol. The van der Waals surface area contributed by atoms with Crippen LogP contribution in [0, 0.1) is 11.5 Å². The highest BCUT2D eigenvalue weighted by Gasteiger charge is 2.04. The number of methoxy groups -OCH3 is 1. The van der Waals surface area contributed by atoms with E-state index in [4.69, 9.17) is 10.00 Å². The number of amides is 1. The van der Waals surface area contributed by atoms with Crippen LogP contribution < -0.4 is 10.1 Å². The fourth-order valence-corrected chi connectivity index (χ4v) is 0.758. The van der Waals surface area contributed by atoms with Gasteiger partial charge in [0.2, 0.25) is 5.88 Å². The van der Waals surface area contributed by atoms with Gasteiger partial charge in [0.1, 0.15) is 0 Å². The Morgan fingerprint density at radius 2 is 2.46 bits per heavy atom. The Balaban J connectivity index is 2.81. The number of ether oxygens (including phenoxy) is 1. The predicted octanol–water partition coefficient (Wildman–Crippen LogP) is 0.301. The van der Waals surface area contributed by atoms with Gasteiger partial charge >= 0.3 is 0 Å². The molecule has 5 nitrogen and oxygen atoms in total. The van der Waals surface area contributed by atoms with Crippen molar-refractivity contribution >= 4 is 5.91 Å². The smallest absolute Gasteiger partial charge is 0.265 e. The second-order valence-electron chi connectivity index (χ2n) is 2.16. The summed E-state index contributed by atoms with van der Waals surface area (Å²) in [6.45, 7) is 0. The molecule has 66 valence electrons. The molecule has 0 spiro atoms. The first-order valence-electron chi connectivity index (χ1n) is 3.47. The van der Waals surface area contributed by atoms with Crippen molar-refractivity contribution < 1.29 is 9.53 Å². The number of nitrogens with one attached hydrogen (secondary N) is 1. The Labute approximate surface area is 75.0 Å². The topological polar surface area (TPSA) is 75.0 Å². The van der Waals surface area contributed by atoms with Crippen LogP contribution in [0.25, 0.3) is 0 Å². The van der Waals surface area contributed by atoms with Gasteiger partial charge in [0, 0.05) is 12.3 Å². The van der Waals surface area contributed by atoms with E-state index in [9.17, 15) is 4.79 Å². The lowest BCUT2D eigenvalue weighted by Gasteiger charge is -1.99. The Hall–Kier alpha value is -2.09. The molecule has 0 aliphatic heterocycles. The Morgan fingerprint density at radius 1 is 1.69 bits per heavy atom. The standard InChI is InChI=1S/C8H7N3O2/c1-13-7-3-2-6(4-10-7)8(12)11-5-9/h2-4H,1H3,(H,11,12). The van der Waals surface area contributed by atoms with E-state index in [1.165, 1.54) is 25.6 Å². The molecular formula is C8H7N3O2. The number of hydrogen-bond acceptors (Lipinski definition) is 4. The zero-order chi connectivity index (χ0) is 9.68. The van der Waals surface area contributed by atoms with Crippen LogP contribution in [0.15, 0.2) is 18.3 Å². The summed E-state index contributed by atoms with van der Waals surface area (Å²) < 4.78 is 4.80. The highest BCUT2D eigenvalue weighted by atomic mass is 16.5. The summed E-state index contributed by atoms with van der Waals surface area (Å²) in [6.07, 6.45) is 2.87. The van der Waals surface area contributed by atoms with Crippen LogP contribution in [0.1, 0.15) is 10.4 Å². The van der Waals surface area contributed by atoms with Crippen LogP contribution in [0.5, 0.6) is 5.88 Å². The number of nitriles is 1. The average Bonchev–Trinajstić information content (AvgIpc) is 2.18. The summed E-state index contributed by atoms with van der Waals surface area (Å²) in [4.78, 5) is 14.8. The molecule has 0 saturated carbocycles. The van der Waals surface area contributed by atoms with Crippen LogP contribution >= 0.6 is 0 Å². The maximum atomic E-state index is 11.0. The van der Waals surface area contributed by atoms with Crippen LogP contribution in [0.2, 0.25) is 0 Å². The maximum absolute atomic E-state index is 11.0. The van der Waals surface area contributed by atoms with Gasteiger partial charge in [0.05, 0.1) is 12.7 Å². The number of hydrogen-bond donors (Lipinski definition) is 1. The highest BCUT2D eigenvalue weighted by Crippen LogP contribution is 2.05. The van der Waals surface area contributed by atoms with Crippen molar-refractivity contribution in [3.8, 4) is 12.1 Å². The molecule has 0 bridgehead atoms. The predicted molar refractivity (Wildman–Crippen MR) is 43.9 cm³/mol. The molecule has 1 aromatic heterocycles. The van der Waals surface area contributed by atoms with Gasteiger partial charge in [-0.05, 0) is 6.07 Å². The van der Waals surface area contributed by atoms with Crippen LogP contribution in [-0.2, 0) is 0 Å². The Kier molecular flexibility index (Phi) is 2.82. The lowest BCUT2D eigenvalue weighted by molar-refractivity contribution is 0.0972. The fourth-order valence-electron chi connectivity index (χ4n) is 0.758. The third-order valence-electron chi connectivity index (χ3n) is 1.38. The second kappa shape index (κ2) is 4.07. The second-order valence-corrected chi connectivity index (χ2v) is 2.16. The molecule has 5 heteroatoms. The monoisotopic (exact) mass is 177 g/mol. The SMILES string of the molecule is COc1ccc(C(=O)NC#N)cn1. The van der Waals surface area contributed by atoms with Crippen molar-refractivity contribution in [2.45, 2.75) is 0 Å². The van der Waals surface area contributed by atoms with Gasteiger partial charge in [0.25, 0.3) is 5.91 Å². The van der Waals surface area contributed by atoms with Gasteiger partial charge in [-0.1, -0.05) is 0 Å². The van der Waals surface area contributed by atoms with Gasteiger partial charge in [-0.25, -0.2) is 4.98 Å². The summed E-state index contributed by atoms with van der Waals surface area (Å²) in [6, 6.07) is 3.07. The van der Waals surface area contributed by atoms with Gasteiger partial charge in [0.15, 0.2) is 6.19 Å². The minimum absolute atomic E-state index is 0.322. The molecule has 0 aliphatic carbocycles. The summed E-state index contributed by atoms with van der Waals surface area (Å²) in [7, 11) is 1.48. The number of carbonyl (C=O) groups is 1. The normalized spacial score (nSPS) is 8.62. The van der Waals surface area contributed by atoms with Crippen molar-refractivity contribution in [1.82, 2.24) is 10.3 Å². The molecule has 1 amide bonds. The summed E-state index contributed by atoms with van der Waals surface area (Å²) in [5.41, 5.74) is 0.322. The largest absolute Gasteiger partial charge is 0.481 e. The molecule has 0 saturated heterocycles. The van der Waals surface area contributed by atoms with Crippen LogP contribution in [-0.4, -0.2) is 18.0 Å². The molecule has 1 heterocycles. The molecule has 0 fully saturated rings. The van der Waals surface area contributed by atoms with Gasteiger partial charge in [-0.15, -0.1) is 0 Å². The van der Waals surface area contributed by atoms with E-state index in [0.717, 1.165) is 0 Å². The number of aromatic nitrogens is 1. The zero-order valence-electron chi connectivity index (χ0n) is 6.94. The third-order valence-corrected chi connectivity index (χ3v) is 1.38. The molecule has 0 aliphatic rings. The van der Waals surface area contributed by atoms with Crippen LogP contribution in [0.4, 0.5) is 0 Å².